The van der Waals surface area contributed by atoms with Crippen LogP contribution in [0.1, 0.15) is 6.92 Å². The van der Waals surface area contributed by atoms with Crippen molar-refractivity contribution in [2.24, 2.45) is 5.92 Å². The highest BCUT2D eigenvalue weighted by atomic mass is 35.5. The molecule has 7 heteroatoms. The van der Waals surface area contributed by atoms with Crippen LogP contribution in [0, 0.1) is 5.92 Å². The van der Waals surface area contributed by atoms with E-state index in [9.17, 15) is 26.7 Å². The lowest BCUT2D eigenvalue weighted by Gasteiger charge is -2.21. The second-order valence-electron chi connectivity index (χ2n) is 2.87. The maximum atomic E-state index is 12.8. The highest BCUT2D eigenvalue weighted by molar-refractivity contribution is 6.27. The molecule has 1 saturated carbocycles. The Kier molecular flexibility index (Phi) is 1.93. The van der Waals surface area contributed by atoms with Gasteiger partial charge in [0.15, 0.2) is 0 Å². The minimum absolute atomic E-state index is 0.464. The topological polar surface area (TPSA) is 17.1 Å². The van der Waals surface area contributed by atoms with E-state index in [1.165, 1.54) is 0 Å². The molecule has 0 aromatic rings. The minimum atomic E-state index is -4.84. The summed E-state index contributed by atoms with van der Waals surface area (Å²) in [6.07, 6.45) is 0. The Morgan fingerprint density at radius 3 is 1.69 bits per heavy atom. The van der Waals surface area contributed by atoms with E-state index in [1.54, 1.807) is 0 Å². The third-order valence-electron chi connectivity index (χ3n) is 2.09. The molecule has 2 unspecified atom stereocenters. The Labute approximate surface area is 74.9 Å². The van der Waals surface area contributed by atoms with E-state index in [0.29, 0.717) is 6.92 Å². The lowest BCUT2D eigenvalue weighted by molar-refractivity contribution is -0.160. The van der Waals surface area contributed by atoms with E-state index in [1.807, 2.05) is 0 Å². The number of alkyl halides is 6. The van der Waals surface area contributed by atoms with Crippen molar-refractivity contribution in [3.05, 3.63) is 0 Å². The fourth-order valence-electron chi connectivity index (χ4n) is 1.06. The smallest absolute Gasteiger partial charge is 0.286 e. The van der Waals surface area contributed by atoms with Gasteiger partial charge in [-0.3, -0.25) is 4.79 Å². The van der Waals surface area contributed by atoms with E-state index in [-0.39, 0.29) is 0 Å². The summed E-state index contributed by atoms with van der Waals surface area (Å²) < 4.78 is 63.0. The van der Waals surface area contributed by atoms with Crippen molar-refractivity contribution in [3.8, 4) is 0 Å². The Balaban J connectivity index is 3.29. The predicted octanol–water partition coefficient (Wildman–Crippen LogP) is 2.38. The molecule has 0 saturated heterocycles. The summed E-state index contributed by atoms with van der Waals surface area (Å²) in [5.41, 5.74) is 0. The number of carbonyl (C=O) groups excluding carboxylic acids is 1. The molecule has 1 nitrogen and oxygen atoms in total. The molecule has 76 valence electrons. The van der Waals surface area contributed by atoms with Gasteiger partial charge >= 0.3 is 11.8 Å². The number of Topliss-reactive ketones (excluding diaryl/α,β-unsaturated/α-hetero) is 1. The second-order valence-corrected chi connectivity index (χ2v) is 3.42. The molecular weight excluding hydrogens is 219 g/mol. The van der Waals surface area contributed by atoms with Crippen LogP contribution in [-0.4, -0.2) is 22.8 Å². The first-order valence-corrected chi connectivity index (χ1v) is 3.62. The SMILES string of the molecule is CC1C(F)(F)C(=O)C(F)(F)C1(F)Cl. The van der Waals surface area contributed by atoms with Crippen LogP contribution in [0.4, 0.5) is 22.0 Å². The molecule has 0 aliphatic heterocycles. The van der Waals surface area contributed by atoms with Crippen molar-refractivity contribution < 1.29 is 26.7 Å². The van der Waals surface area contributed by atoms with E-state index in [2.05, 4.69) is 11.6 Å². The van der Waals surface area contributed by atoms with E-state index in [4.69, 9.17) is 0 Å². The first-order valence-electron chi connectivity index (χ1n) is 3.24. The van der Waals surface area contributed by atoms with Crippen molar-refractivity contribution in [2.75, 3.05) is 0 Å². The summed E-state index contributed by atoms with van der Waals surface area (Å²) in [7, 11) is 0. The highest BCUT2D eigenvalue weighted by Crippen LogP contribution is 2.56. The highest BCUT2D eigenvalue weighted by Gasteiger charge is 2.80. The Hall–Kier alpha value is -0.390. The number of hydrogen-bond donors (Lipinski definition) is 0. The van der Waals surface area contributed by atoms with Gasteiger partial charge < -0.3 is 0 Å². The first kappa shape index (κ1) is 10.7. The zero-order valence-electron chi connectivity index (χ0n) is 6.25. The first-order chi connectivity index (χ1) is 5.56. The largest absolute Gasteiger partial charge is 0.358 e. The Bertz CT molecular complexity index is 262. The molecule has 0 N–H and O–H groups in total. The minimum Gasteiger partial charge on any atom is -0.286 e. The molecule has 0 amide bonds. The maximum absolute atomic E-state index is 12.8. The van der Waals surface area contributed by atoms with Gasteiger partial charge in [0.05, 0.1) is 5.92 Å². The standard InChI is InChI=1S/C6H4ClF5O/c1-2-4(8,9)3(13)6(11,12)5(2,7)10/h2H,1H3. The zero-order chi connectivity index (χ0) is 10.7. The summed E-state index contributed by atoms with van der Waals surface area (Å²) in [4.78, 5) is 10.4. The molecule has 0 radical (unpaired) electrons. The third-order valence-corrected chi connectivity index (χ3v) is 2.66. The quantitative estimate of drug-likeness (QED) is 0.454. The van der Waals surface area contributed by atoms with Crippen LogP contribution in [0.3, 0.4) is 0 Å². The van der Waals surface area contributed by atoms with Crippen LogP contribution in [-0.2, 0) is 4.79 Å². The molecule has 0 spiro atoms. The van der Waals surface area contributed by atoms with Crippen LogP contribution in [0.5, 0.6) is 0 Å². The summed E-state index contributed by atoms with van der Waals surface area (Å²) >= 11 is 4.57. The van der Waals surface area contributed by atoms with E-state index >= 15 is 0 Å². The zero-order valence-corrected chi connectivity index (χ0v) is 7.01. The van der Waals surface area contributed by atoms with Gasteiger partial charge in [-0.15, -0.1) is 0 Å². The molecule has 1 aliphatic carbocycles. The number of ketones is 1. The van der Waals surface area contributed by atoms with Crippen LogP contribution < -0.4 is 0 Å². The molecule has 13 heavy (non-hydrogen) atoms. The Morgan fingerprint density at radius 2 is 1.62 bits per heavy atom. The van der Waals surface area contributed by atoms with E-state index < -0.39 is 28.7 Å². The van der Waals surface area contributed by atoms with Crippen LogP contribution in [0.15, 0.2) is 0 Å². The lowest BCUT2D eigenvalue weighted by Crippen LogP contribution is -2.41. The molecule has 1 fully saturated rings. The molecule has 0 aromatic carbocycles. The van der Waals surface area contributed by atoms with Crippen LogP contribution in [0.2, 0.25) is 0 Å². The number of carbonyl (C=O) groups is 1. The third kappa shape index (κ3) is 1.01. The van der Waals surface area contributed by atoms with Gasteiger partial charge in [0.1, 0.15) is 0 Å². The molecule has 1 aliphatic rings. The second kappa shape index (κ2) is 2.34. The molecule has 1 rings (SSSR count). The predicted molar refractivity (Wildman–Crippen MR) is 33.8 cm³/mol. The monoisotopic (exact) mass is 222 g/mol. The fraction of sp³-hybridized carbons (Fsp3) is 0.833. The van der Waals surface area contributed by atoms with Crippen molar-refractivity contribution in [1.29, 1.82) is 0 Å². The van der Waals surface area contributed by atoms with Gasteiger partial charge in [-0.05, 0) is 0 Å². The number of halogens is 6. The summed E-state index contributed by atoms with van der Waals surface area (Å²) in [5.74, 6) is -14.5. The molecular formula is C6H4ClF5O. The Morgan fingerprint density at radius 1 is 1.23 bits per heavy atom. The summed E-state index contributed by atoms with van der Waals surface area (Å²) in [5, 5.41) is -4.01. The fourth-order valence-corrected chi connectivity index (χ4v) is 1.28. The van der Waals surface area contributed by atoms with Gasteiger partial charge in [-0.25, -0.2) is 4.39 Å². The van der Waals surface area contributed by atoms with Gasteiger partial charge in [0.25, 0.3) is 10.9 Å². The normalized spacial score (nSPS) is 42.4. The maximum Gasteiger partial charge on any atom is 0.358 e. The number of hydrogen-bond acceptors (Lipinski definition) is 1. The molecule has 2 atom stereocenters. The summed E-state index contributed by atoms with van der Waals surface area (Å²) in [6.45, 7) is 0.464. The summed E-state index contributed by atoms with van der Waals surface area (Å²) in [6, 6.07) is 0. The lowest BCUT2D eigenvalue weighted by atomic mass is 10.1. The van der Waals surface area contributed by atoms with Gasteiger partial charge in [0, 0.05) is 0 Å². The van der Waals surface area contributed by atoms with Crippen LogP contribution >= 0.6 is 11.6 Å². The molecule has 0 bridgehead atoms. The van der Waals surface area contributed by atoms with E-state index in [0.717, 1.165) is 0 Å². The van der Waals surface area contributed by atoms with Gasteiger partial charge in [-0.1, -0.05) is 18.5 Å². The van der Waals surface area contributed by atoms with Crippen LogP contribution in [0.25, 0.3) is 0 Å². The van der Waals surface area contributed by atoms with Crippen molar-refractivity contribution >= 4 is 17.4 Å². The number of rotatable bonds is 0. The van der Waals surface area contributed by atoms with Gasteiger partial charge in [0.2, 0.25) is 0 Å². The van der Waals surface area contributed by atoms with Crippen molar-refractivity contribution in [3.63, 3.8) is 0 Å². The molecule has 0 heterocycles. The van der Waals surface area contributed by atoms with Crippen molar-refractivity contribution in [1.82, 2.24) is 0 Å². The van der Waals surface area contributed by atoms with Gasteiger partial charge in [-0.2, -0.15) is 17.6 Å². The average Bonchev–Trinajstić information content (AvgIpc) is 2.05. The average molecular weight is 223 g/mol. The van der Waals surface area contributed by atoms with Crippen molar-refractivity contribution in [2.45, 2.75) is 23.9 Å². The molecule has 0 aromatic heterocycles.